The lowest BCUT2D eigenvalue weighted by atomic mass is 10.1. The zero-order valence-corrected chi connectivity index (χ0v) is 19.5. The largest absolute Gasteiger partial charge is 0.482 e. The van der Waals surface area contributed by atoms with Crippen molar-refractivity contribution in [3.05, 3.63) is 87.9 Å². The average molecular weight is 487 g/mol. The Kier molecular flexibility index (Phi) is 6.94. The summed E-state index contributed by atoms with van der Waals surface area (Å²) >= 11 is 13.9. The molecule has 1 fully saturated rings. The van der Waals surface area contributed by atoms with Gasteiger partial charge in [0, 0.05) is 16.4 Å². The molecule has 164 valence electrons. The first-order valence-electron chi connectivity index (χ1n) is 9.89. The Morgan fingerprint density at radius 3 is 2.62 bits per heavy atom. The molecule has 1 saturated heterocycles. The number of carbonyl (C=O) groups excluding carboxylic acids is 2. The summed E-state index contributed by atoms with van der Waals surface area (Å²) in [7, 11) is 0. The number of nitrogens with zero attached hydrogens (tertiary/aromatic N) is 1. The highest BCUT2D eigenvalue weighted by atomic mass is 35.5. The number of carbonyl (C=O) groups is 2. The summed E-state index contributed by atoms with van der Waals surface area (Å²) in [4.78, 5) is 26.5. The zero-order valence-electron chi connectivity index (χ0n) is 17.2. The van der Waals surface area contributed by atoms with Crippen LogP contribution in [0.3, 0.4) is 0 Å². The van der Waals surface area contributed by atoms with Gasteiger partial charge in [0.2, 0.25) is 5.91 Å². The Bertz CT molecular complexity index is 1150. The van der Waals surface area contributed by atoms with Gasteiger partial charge in [-0.1, -0.05) is 41.4 Å². The van der Waals surface area contributed by atoms with Crippen LogP contribution >= 0.6 is 35.0 Å². The standard InChI is InChI=1S/C24H20Cl2N2O3S/c1-15-3-2-4-18(11-15)27-22(29)13-31-21-10-5-16(12-20(21)26)24-28(23(30)14-32-24)19-8-6-17(25)7-9-19/h2-12,24H,13-14H2,1H3,(H,27,29)/t24-/m1/s1. The number of benzene rings is 3. The third-order valence-corrected chi connectivity index (χ3v) is 6.63. The van der Waals surface area contributed by atoms with Gasteiger partial charge in [0.25, 0.3) is 5.91 Å². The normalized spacial score (nSPS) is 15.7. The minimum atomic E-state index is -0.276. The van der Waals surface area contributed by atoms with Crippen molar-refractivity contribution < 1.29 is 14.3 Å². The van der Waals surface area contributed by atoms with E-state index < -0.39 is 0 Å². The SMILES string of the molecule is Cc1cccc(NC(=O)COc2ccc([C@H]3SCC(=O)N3c3ccc(Cl)cc3)cc2Cl)c1. The first kappa shape index (κ1) is 22.5. The second-order valence-electron chi connectivity index (χ2n) is 7.30. The van der Waals surface area contributed by atoms with E-state index in [0.717, 1.165) is 16.8 Å². The van der Waals surface area contributed by atoms with Gasteiger partial charge in [-0.05, 0) is 66.6 Å². The van der Waals surface area contributed by atoms with E-state index in [0.29, 0.717) is 27.2 Å². The van der Waals surface area contributed by atoms with E-state index in [4.69, 9.17) is 27.9 Å². The maximum atomic E-state index is 12.5. The molecule has 32 heavy (non-hydrogen) atoms. The molecule has 0 spiro atoms. The molecular formula is C24H20Cl2N2O3S. The number of anilines is 2. The van der Waals surface area contributed by atoms with Crippen LogP contribution in [0.4, 0.5) is 11.4 Å². The molecule has 5 nitrogen and oxygen atoms in total. The number of aryl methyl sites for hydroxylation is 1. The van der Waals surface area contributed by atoms with Gasteiger partial charge in [-0.15, -0.1) is 11.8 Å². The van der Waals surface area contributed by atoms with E-state index in [1.807, 2.05) is 49.4 Å². The van der Waals surface area contributed by atoms with E-state index in [9.17, 15) is 9.59 Å². The van der Waals surface area contributed by atoms with Crippen LogP contribution in [0.25, 0.3) is 0 Å². The minimum absolute atomic E-state index is 0.0200. The molecule has 0 bridgehead atoms. The number of hydrogen-bond donors (Lipinski definition) is 1. The molecule has 0 aliphatic carbocycles. The molecule has 0 unspecified atom stereocenters. The molecule has 1 N–H and O–H groups in total. The number of hydrogen-bond acceptors (Lipinski definition) is 4. The zero-order chi connectivity index (χ0) is 22.7. The number of thioether (sulfide) groups is 1. The molecule has 2 amide bonds. The van der Waals surface area contributed by atoms with Crippen LogP contribution in [0.15, 0.2) is 66.7 Å². The molecular weight excluding hydrogens is 467 g/mol. The second kappa shape index (κ2) is 9.86. The van der Waals surface area contributed by atoms with Crippen molar-refractivity contribution in [3.8, 4) is 5.75 Å². The van der Waals surface area contributed by atoms with Crippen molar-refractivity contribution in [1.29, 1.82) is 0 Å². The fourth-order valence-electron chi connectivity index (χ4n) is 3.40. The van der Waals surface area contributed by atoms with E-state index in [-0.39, 0.29) is 23.8 Å². The number of halogens is 2. The van der Waals surface area contributed by atoms with E-state index in [1.165, 1.54) is 11.8 Å². The van der Waals surface area contributed by atoms with E-state index in [1.54, 1.807) is 29.2 Å². The Morgan fingerprint density at radius 1 is 1.12 bits per heavy atom. The van der Waals surface area contributed by atoms with Gasteiger partial charge in [-0.3, -0.25) is 14.5 Å². The summed E-state index contributed by atoms with van der Waals surface area (Å²) in [6.07, 6.45) is 0. The molecule has 0 aromatic heterocycles. The lowest BCUT2D eigenvalue weighted by Crippen LogP contribution is -2.27. The van der Waals surface area contributed by atoms with Gasteiger partial charge in [0.05, 0.1) is 10.8 Å². The highest BCUT2D eigenvalue weighted by Crippen LogP contribution is 2.43. The van der Waals surface area contributed by atoms with Crippen molar-refractivity contribution in [2.24, 2.45) is 0 Å². The van der Waals surface area contributed by atoms with Gasteiger partial charge in [-0.25, -0.2) is 0 Å². The Hall–Kier alpha value is -2.67. The monoisotopic (exact) mass is 486 g/mol. The molecule has 8 heteroatoms. The molecule has 0 radical (unpaired) electrons. The average Bonchev–Trinajstić information content (AvgIpc) is 3.15. The van der Waals surface area contributed by atoms with Crippen LogP contribution in [0.1, 0.15) is 16.5 Å². The predicted molar refractivity (Wildman–Crippen MR) is 131 cm³/mol. The fraction of sp³-hybridized carbons (Fsp3) is 0.167. The Morgan fingerprint density at radius 2 is 1.91 bits per heavy atom. The summed E-state index contributed by atoms with van der Waals surface area (Å²) in [5.41, 5.74) is 3.42. The van der Waals surface area contributed by atoms with Crippen molar-refractivity contribution in [3.63, 3.8) is 0 Å². The number of ether oxygens (including phenoxy) is 1. The number of nitrogens with one attached hydrogen (secondary N) is 1. The van der Waals surface area contributed by atoms with E-state index in [2.05, 4.69) is 5.32 Å². The van der Waals surface area contributed by atoms with Gasteiger partial charge in [-0.2, -0.15) is 0 Å². The Balaban J connectivity index is 1.44. The smallest absolute Gasteiger partial charge is 0.262 e. The quantitative estimate of drug-likeness (QED) is 0.457. The van der Waals surface area contributed by atoms with Gasteiger partial charge < -0.3 is 10.1 Å². The van der Waals surface area contributed by atoms with Gasteiger partial charge in [0.1, 0.15) is 11.1 Å². The summed E-state index contributed by atoms with van der Waals surface area (Å²) < 4.78 is 5.62. The lowest BCUT2D eigenvalue weighted by Gasteiger charge is -2.25. The molecule has 0 saturated carbocycles. The fourth-order valence-corrected chi connectivity index (χ4v) is 4.94. The second-order valence-corrected chi connectivity index (χ2v) is 9.21. The third kappa shape index (κ3) is 5.21. The summed E-state index contributed by atoms with van der Waals surface area (Å²) in [6.45, 7) is 1.79. The maximum Gasteiger partial charge on any atom is 0.262 e. The van der Waals surface area contributed by atoms with Crippen molar-refractivity contribution in [2.45, 2.75) is 12.3 Å². The van der Waals surface area contributed by atoms with Crippen LogP contribution in [0.5, 0.6) is 5.75 Å². The van der Waals surface area contributed by atoms with Crippen LogP contribution in [-0.4, -0.2) is 24.2 Å². The van der Waals surface area contributed by atoms with E-state index >= 15 is 0 Å². The van der Waals surface area contributed by atoms with Crippen LogP contribution in [0, 0.1) is 6.92 Å². The molecule has 1 heterocycles. The molecule has 1 aliphatic rings. The molecule has 3 aromatic rings. The van der Waals surface area contributed by atoms with Crippen LogP contribution in [0.2, 0.25) is 10.0 Å². The van der Waals surface area contributed by atoms with Gasteiger partial charge in [0.15, 0.2) is 6.61 Å². The van der Waals surface area contributed by atoms with Crippen LogP contribution in [-0.2, 0) is 9.59 Å². The molecule has 1 atom stereocenters. The Labute approximate surface area is 200 Å². The van der Waals surface area contributed by atoms with Crippen LogP contribution < -0.4 is 15.0 Å². The summed E-state index contributed by atoms with van der Waals surface area (Å²) in [6, 6.07) is 20.1. The topological polar surface area (TPSA) is 58.6 Å². The summed E-state index contributed by atoms with van der Waals surface area (Å²) in [5, 5.41) is 3.58. The predicted octanol–water partition coefficient (Wildman–Crippen LogP) is 6.10. The third-order valence-electron chi connectivity index (χ3n) is 4.87. The van der Waals surface area contributed by atoms with Crippen molar-refractivity contribution >= 4 is 58.2 Å². The minimum Gasteiger partial charge on any atom is -0.482 e. The summed E-state index contributed by atoms with van der Waals surface area (Å²) in [5.74, 6) is 0.526. The van der Waals surface area contributed by atoms with Gasteiger partial charge >= 0.3 is 0 Å². The number of rotatable bonds is 6. The van der Waals surface area contributed by atoms with Crippen molar-refractivity contribution in [2.75, 3.05) is 22.6 Å². The molecule has 3 aromatic carbocycles. The first-order valence-corrected chi connectivity index (χ1v) is 11.7. The maximum absolute atomic E-state index is 12.5. The highest BCUT2D eigenvalue weighted by Gasteiger charge is 2.34. The first-order chi connectivity index (χ1) is 15.4. The molecule has 4 rings (SSSR count). The highest BCUT2D eigenvalue weighted by molar-refractivity contribution is 8.00. The lowest BCUT2D eigenvalue weighted by molar-refractivity contribution is -0.118. The molecule has 1 aliphatic heterocycles. The van der Waals surface area contributed by atoms with Crippen molar-refractivity contribution in [1.82, 2.24) is 0 Å². The number of amides is 2.